The standard InChI is InChI=1S/C16H22N2O/c1-15(2,3)11-7-8-13-12(9-11)18-14(19-13)16(4,17)10-5-6-10/h7-10H,5-6,17H2,1-4H3. The molecule has 1 aliphatic carbocycles. The van der Waals surface area contributed by atoms with Crippen LogP contribution >= 0.6 is 0 Å². The van der Waals surface area contributed by atoms with Gasteiger partial charge in [-0.05, 0) is 48.8 Å². The van der Waals surface area contributed by atoms with E-state index in [2.05, 4.69) is 37.9 Å². The van der Waals surface area contributed by atoms with Crippen LogP contribution in [0.1, 0.15) is 52.0 Å². The van der Waals surface area contributed by atoms with Gasteiger partial charge in [0, 0.05) is 0 Å². The molecular formula is C16H22N2O. The molecule has 1 aliphatic rings. The lowest BCUT2D eigenvalue weighted by atomic mass is 9.87. The molecule has 1 heterocycles. The average molecular weight is 258 g/mol. The van der Waals surface area contributed by atoms with Crippen molar-refractivity contribution in [3.05, 3.63) is 29.7 Å². The highest BCUT2D eigenvalue weighted by Crippen LogP contribution is 2.44. The Morgan fingerprint density at radius 3 is 2.47 bits per heavy atom. The number of nitrogens with two attached hydrogens (primary N) is 1. The van der Waals surface area contributed by atoms with Gasteiger partial charge in [0.15, 0.2) is 5.58 Å². The molecule has 3 heteroatoms. The molecule has 102 valence electrons. The highest BCUT2D eigenvalue weighted by Gasteiger charge is 2.43. The number of fused-ring (bicyclic) bond motifs is 1. The molecule has 1 unspecified atom stereocenters. The van der Waals surface area contributed by atoms with Gasteiger partial charge < -0.3 is 10.2 Å². The molecule has 3 nitrogen and oxygen atoms in total. The van der Waals surface area contributed by atoms with Crippen LogP contribution < -0.4 is 5.73 Å². The fraction of sp³-hybridized carbons (Fsp3) is 0.562. The Morgan fingerprint density at radius 1 is 1.21 bits per heavy atom. The van der Waals surface area contributed by atoms with Crippen LogP contribution in [0.5, 0.6) is 0 Å². The first-order valence-electron chi connectivity index (χ1n) is 6.99. The third-order valence-electron chi connectivity index (χ3n) is 4.14. The van der Waals surface area contributed by atoms with Crippen molar-refractivity contribution < 1.29 is 4.42 Å². The van der Waals surface area contributed by atoms with E-state index in [9.17, 15) is 0 Å². The lowest BCUT2D eigenvalue weighted by molar-refractivity contribution is 0.327. The molecule has 0 aliphatic heterocycles. The predicted molar refractivity (Wildman–Crippen MR) is 77.0 cm³/mol. The first-order valence-corrected chi connectivity index (χ1v) is 6.99. The minimum absolute atomic E-state index is 0.121. The first kappa shape index (κ1) is 12.7. The van der Waals surface area contributed by atoms with E-state index in [0.29, 0.717) is 11.8 Å². The number of oxazole rings is 1. The van der Waals surface area contributed by atoms with Crippen molar-refractivity contribution in [1.82, 2.24) is 4.98 Å². The van der Waals surface area contributed by atoms with E-state index in [1.807, 2.05) is 13.0 Å². The minimum Gasteiger partial charge on any atom is -0.439 e. The van der Waals surface area contributed by atoms with E-state index in [-0.39, 0.29) is 5.41 Å². The molecule has 0 spiro atoms. The monoisotopic (exact) mass is 258 g/mol. The van der Waals surface area contributed by atoms with Crippen molar-refractivity contribution in [3.63, 3.8) is 0 Å². The van der Waals surface area contributed by atoms with Crippen molar-refractivity contribution in [3.8, 4) is 0 Å². The molecule has 19 heavy (non-hydrogen) atoms. The second-order valence-corrected chi connectivity index (χ2v) is 7.01. The molecule has 2 aromatic rings. The molecule has 0 amide bonds. The Labute approximate surface area is 114 Å². The normalized spacial score (nSPS) is 19.6. The molecule has 3 rings (SSSR count). The predicted octanol–water partition coefficient (Wildman–Crippen LogP) is 3.71. The number of hydrogen-bond donors (Lipinski definition) is 1. The third kappa shape index (κ3) is 2.16. The summed E-state index contributed by atoms with van der Waals surface area (Å²) >= 11 is 0. The van der Waals surface area contributed by atoms with Gasteiger partial charge in [0.1, 0.15) is 5.52 Å². The summed E-state index contributed by atoms with van der Waals surface area (Å²) in [4.78, 5) is 4.63. The Kier molecular flexibility index (Phi) is 2.55. The van der Waals surface area contributed by atoms with E-state index in [1.54, 1.807) is 0 Å². The number of benzene rings is 1. The van der Waals surface area contributed by atoms with Crippen molar-refractivity contribution in [2.24, 2.45) is 11.7 Å². The zero-order valence-corrected chi connectivity index (χ0v) is 12.2. The lowest BCUT2D eigenvalue weighted by Crippen LogP contribution is -2.35. The van der Waals surface area contributed by atoms with Gasteiger partial charge in [0.05, 0.1) is 5.54 Å². The van der Waals surface area contributed by atoms with Crippen LogP contribution in [0.4, 0.5) is 0 Å². The highest BCUT2D eigenvalue weighted by atomic mass is 16.4. The van der Waals surface area contributed by atoms with Gasteiger partial charge in [0.2, 0.25) is 5.89 Å². The van der Waals surface area contributed by atoms with Crippen LogP contribution in [0.15, 0.2) is 22.6 Å². The maximum absolute atomic E-state index is 6.37. The number of rotatable bonds is 2. The van der Waals surface area contributed by atoms with E-state index >= 15 is 0 Å². The summed E-state index contributed by atoms with van der Waals surface area (Å²) in [5, 5.41) is 0. The SMILES string of the molecule is CC(C)(C)c1ccc2oc(C(C)(N)C3CC3)nc2c1. The van der Waals surface area contributed by atoms with Crippen molar-refractivity contribution in [2.75, 3.05) is 0 Å². The second kappa shape index (κ2) is 3.83. The summed E-state index contributed by atoms with van der Waals surface area (Å²) in [6.07, 6.45) is 2.36. The van der Waals surface area contributed by atoms with Gasteiger partial charge in [-0.1, -0.05) is 26.8 Å². The van der Waals surface area contributed by atoms with Crippen LogP contribution in [-0.4, -0.2) is 4.98 Å². The largest absolute Gasteiger partial charge is 0.439 e. The zero-order chi connectivity index (χ0) is 13.8. The van der Waals surface area contributed by atoms with Crippen molar-refractivity contribution >= 4 is 11.1 Å². The van der Waals surface area contributed by atoms with Crippen molar-refractivity contribution in [2.45, 2.75) is 51.5 Å². The quantitative estimate of drug-likeness (QED) is 0.893. The van der Waals surface area contributed by atoms with Crippen LogP contribution in [0.3, 0.4) is 0 Å². The Balaban J connectivity index is 2.06. The second-order valence-electron chi connectivity index (χ2n) is 7.01. The molecular weight excluding hydrogens is 236 g/mol. The zero-order valence-electron chi connectivity index (χ0n) is 12.2. The van der Waals surface area contributed by atoms with E-state index in [0.717, 1.165) is 11.1 Å². The molecule has 1 aromatic heterocycles. The minimum atomic E-state index is -0.430. The molecule has 0 radical (unpaired) electrons. The summed E-state index contributed by atoms with van der Waals surface area (Å²) in [6, 6.07) is 6.24. The average Bonchev–Trinajstić information content (AvgIpc) is 3.07. The summed E-state index contributed by atoms with van der Waals surface area (Å²) in [6.45, 7) is 8.63. The lowest BCUT2D eigenvalue weighted by Gasteiger charge is -2.19. The fourth-order valence-electron chi connectivity index (χ4n) is 2.48. The smallest absolute Gasteiger partial charge is 0.215 e. The highest BCUT2D eigenvalue weighted by molar-refractivity contribution is 5.74. The Bertz CT molecular complexity index is 615. The maximum atomic E-state index is 6.37. The van der Waals surface area contributed by atoms with Crippen LogP contribution in [0.25, 0.3) is 11.1 Å². The van der Waals surface area contributed by atoms with Gasteiger partial charge >= 0.3 is 0 Å². The van der Waals surface area contributed by atoms with Gasteiger partial charge in [-0.15, -0.1) is 0 Å². The molecule has 1 aromatic carbocycles. The number of aromatic nitrogens is 1. The summed E-state index contributed by atoms with van der Waals surface area (Å²) in [5.74, 6) is 1.19. The van der Waals surface area contributed by atoms with E-state index in [1.165, 1.54) is 18.4 Å². The van der Waals surface area contributed by atoms with E-state index in [4.69, 9.17) is 10.2 Å². The first-order chi connectivity index (χ1) is 8.78. The molecule has 2 N–H and O–H groups in total. The fourth-order valence-corrected chi connectivity index (χ4v) is 2.48. The van der Waals surface area contributed by atoms with Gasteiger partial charge in [-0.2, -0.15) is 0 Å². The topological polar surface area (TPSA) is 52.0 Å². The van der Waals surface area contributed by atoms with Gasteiger partial charge in [-0.3, -0.25) is 0 Å². The molecule has 0 bridgehead atoms. The summed E-state index contributed by atoms with van der Waals surface area (Å²) < 4.78 is 5.87. The van der Waals surface area contributed by atoms with Crippen LogP contribution in [0.2, 0.25) is 0 Å². The third-order valence-corrected chi connectivity index (χ3v) is 4.14. The van der Waals surface area contributed by atoms with E-state index < -0.39 is 5.54 Å². The molecule has 0 saturated heterocycles. The van der Waals surface area contributed by atoms with Crippen LogP contribution in [-0.2, 0) is 11.0 Å². The van der Waals surface area contributed by atoms with Gasteiger partial charge in [-0.25, -0.2) is 4.98 Å². The Morgan fingerprint density at radius 2 is 1.89 bits per heavy atom. The van der Waals surface area contributed by atoms with Gasteiger partial charge in [0.25, 0.3) is 0 Å². The molecule has 1 saturated carbocycles. The number of hydrogen-bond acceptors (Lipinski definition) is 3. The summed E-state index contributed by atoms with van der Waals surface area (Å²) in [7, 11) is 0. The summed E-state index contributed by atoms with van der Waals surface area (Å²) in [5.41, 5.74) is 9.08. The Hall–Kier alpha value is -1.35. The maximum Gasteiger partial charge on any atom is 0.215 e. The molecule has 1 atom stereocenters. The van der Waals surface area contributed by atoms with Crippen molar-refractivity contribution in [1.29, 1.82) is 0 Å². The number of nitrogens with zero attached hydrogens (tertiary/aromatic N) is 1. The molecule has 1 fully saturated rings. The van der Waals surface area contributed by atoms with Crippen LogP contribution in [0, 0.1) is 5.92 Å².